The molecule has 2 heterocycles. The number of carbonyl (C=O) groups excluding carboxylic acids is 1. The Balaban J connectivity index is 1.44. The lowest BCUT2D eigenvalue weighted by molar-refractivity contribution is -0.172. The number of aliphatic hydroxyl groups is 2. The molecule has 0 saturated carbocycles. The van der Waals surface area contributed by atoms with Crippen molar-refractivity contribution in [3.63, 3.8) is 0 Å². The van der Waals surface area contributed by atoms with Gasteiger partial charge < -0.3 is 29.3 Å². The molecule has 2 aromatic carbocycles. The number of hydrogen-bond acceptors (Lipinski definition) is 7. The van der Waals surface area contributed by atoms with Crippen LogP contribution in [0.5, 0.6) is 11.5 Å². The van der Waals surface area contributed by atoms with Crippen molar-refractivity contribution < 1.29 is 29.2 Å². The van der Waals surface area contributed by atoms with Gasteiger partial charge in [0.1, 0.15) is 5.76 Å². The lowest BCUT2D eigenvalue weighted by atomic mass is 9.50. The third-order valence-corrected chi connectivity index (χ3v) is 8.11. The van der Waals surface area contributed by atoms with E-state index in [0.29, 0.717) is 42.1 Å². The van der Waals surface area contributed by atoms with Crippen LogP contribution in [0.3, 0.4) is 0 Å². The van der Waals surface area contributed by atoms with E-state index in [1.165, 1.54) is 0 Å². The molecular formula is C26H27NO6. The number of aliphatic hydroxyl groups excluding tert-OH is 1. The molecule has 2 aliphatic carbocycles. The monoisotopic (exact) mass is 449 g/mol. The highest BCUT2D eigenvalue weighted by atomic mass is 16.6. The molecule has 2 aliphatic heterocycles. The van der Waals surface area contributed by atoms with E-state index in [9.17, 15) is 15.0 Å². The molecule has 172 valence electrons. The molecule has 0 amide bonds. The first-order valence-electron chi connectivity index (χ1n) is 11.3. The molecule has 7 heteroatoms. The fourth-order valence-corrected chi connectivity index (χ4v) is 6.53. The molecule has 2 N–H and O–H groups in total. The minimum Gasteiger partial charge on any atom is -0.493 e. The van der Waals surface area contributed by atoms with Gasteiger partial charge in [-0.05, 0) is 49.7 Å². The number of likely N-dealkylation sites (tertiary alicyclic amines) is 1. The predicted molar refractivity (Wildman–Crippen MR) is 119 cm³/mol. The third-order valence-electron chi connectivity index (χ3n) is 8.11. The summed E-state index contributed by atoms with van der Waals surface area (Å²) in [6.07, 6.45) is 1.38. The Kier molecular flexibility index (Phi) is 4.43. The van der Waals surface area contributed by atoms with Crippen molar-refractivity contribution in [3.8, 4) is 11.5 Å². The number of likely N-dealkylation sites (N-methyl/N-ethyl adjacent to an activating group) is 1. The molecule has 7 nitrogen and oxygen atoms in total. The van der Waals surface area contributed by atoms with Crippen LogP contribution >= 0.6 is 0 Å². The summed E-state index contributed by atoms with van der Waals surface area (Å²) < 4.78 is 17.8. The first-order valence-corrected chi connectivity index (χ1v) is 11.3. The Labute approximate surface area is 192 Å². The van der Waals surface area contributed by atoms with Gasteiger partial charge in [0, 0.05) is 18.0 Å². The van der Waals surface area contributed by atoms with E-state index in [1.807, 2.05) is 19.2 Å². The van der Waals surface area contributed by atoms with Crippen LogP contribution in [-0.4, -0.2) is 59.5 Å². The maximum atomic E-state index is 12.9. The van der Waals surface area contributed by atoms with Crippen molar-refractivity contribution in [2.75, 3.05) is 20.7 Å². The Bertz CT molecular complexity index is 1160. The van der Waals surface area contributed by atoms with Crippen molar-refractivity contribution in [3.05, 3.63) is 71.0 Å². The van der Waals surface area contributed by atoms with Crippen LogP contribution < -0.4 is 9.47 Å². The summed E-state index contributed by atoms with van der Waals surface area (Å²) in [4.78, 5) is 15.1. The van der Waals surface area contributed by atoms with Gasteiger partial charge in [0.25, 0.3) is 0 Å². The van der Waals surface area contributed by atoms with E-state index in [-0.39, 0.29) is 6.04 Å². The molecule has 33 heavy (non-hydrogen) atoms. The highest BCUT2D eigenvalue weighted by molar-refractivity contribution is 5.77. The zero-order valence-corrected chi connectivity index (χ0v) is 18.7. The van der Waals surface area contributed by atoms with Crippen LogP contribution in [0.15, 0.2) is 54.3 Å². The summed E-state index contributed by atoms with van der Waals surface area (Å²) in [5, 5.41) is 22.8. The normalized spacial score (nSPS) is 32.3. The maximum Gasteiger partial charge on any atom is 0.344 e. The maximum absolute atomic E-state index is 12.9. The largest absolute Gasteiger partial charge is 0.493 e. The van der Waals surface area contributed by atoms with Crippen LogP contribution in [0.1, 0.15) is 35.6 Å². The average molecular weight is 450 g/mol. The van der Waals surface area contributed by atoms with Crippen molar-refractivity contribution in [1.29, 1.82) is 0 Å². The van der Waals surface area contributed by atoms with Gasteiger partial charge in [-0.2, -0.15) is 0 Å². The van der Waals surface area contributed by atoms with E-state index in [0.717, 1.165) is 17.7 Å². The summed E-state index contributed by atoms with van der Waals surface area (Å²) in [5.41, 5.74) is 0.757. The van der Waals surface area contributed by atoms with E-state index in [4.69, 9.17) is 14.2 Å². The zero-order valence-electron chi connectivity index (χ0n) is 18.7. The van der Waals surface area contributed by atoms with Gasteiger partial charge in [0.05, 0.1) is 18.1 Å². The van der Waals surface area contributed by atoms with Crippen molar-refractivity contribution >= 4 is 5.97 Å². The Morgan fingerprint density at radius 1 is 1.24 bits per heavy atom. The number of esters is 1. The minimum absolute atomic E-state index is 0.0763. The van der Waals surface area contributed by atoms with Crippen LogP contribution in [0, 0.1) is 0 Å². The first-order chi connectivity index (χ1) is 15.9. The molecule has 2 unspecified atom stereocenters. The van der Waals surface area contributed by atoms with Gasteiger partial charge in [-0.3, -0.25) is 0 Å². The molecular weight excluding hydrogens is 422 g/mol. The smallest absolute Gasteiger partial charge is 0.344 e. The van der Waals surface area contributed by atoms with Crippen molar-refractivity contribution in [1.82, 2.24) is 4.90 Å². The lowest BCUT2D eigenvalue weighted by Gasteiger charge is -2.61. The van der Waals surface area contributed by atoms with Crippen molar-refractivity contribution in [2.45, 2.75) is 48.5 Å². The fourth-order valence-electron chi connectivity index (χ4n) is 6.53. The summed E-state index contributed by atoms with van der Waals surface area (Å²) >= 11 is 0. The van der Waals surface area contributed by atoms with E-state index < -0.39 is 29.2 Å². The van der Waals surface area contributed by atoms with Gasteiger partial charge in [0.2, 0.25) is 0 Å². The average Bonchev–Trinajstić information content (AvgIpc) is 3.19. The number of benzene rings is 2. The van der Waals surface area contributed by atoms with Gasteiger partial charge >= 0.3 is 5.97 Å². The van der Waals surface area contributed by atoms with E-state index in [2.05, 4.69) is 11.0 Å². The Morgan fingerprint density at radius 2 is 2.03 bits per heavy atom. The number of methoxy groups -OCH3 is 1. The number of carbonyl (C=O) groups is 1. The molecule has 0 aromatic heterocycles. The van der Waals surface area contributed by atoms with Gasteiger partial charge in [-0.25, -0.2) is 4.79 Å². The van der Waals surface area contributed by atoms with Gasteiger partial charge in [-0.15, -0.1) is 0 Å². The highest BCUT2D eigenvalue weighted by Gasteiger charge is 2.72. The number of ether oxygens (including phenoxy) is 3. The van der Waals surface area contributed by atoms with E-state index in [1.54, 1.807) is 37.5 Å². The minimum atomic E-state index is -1.41. The van der Waals surface area contributed by atoms with Gasteiger partial charge in [0.15, 0.2) is 23.7 Å². The Hall–Kier alpha value is -2.87. The second-order valence-corrected chi connectivity index (χ2v) is 9.52. The number of nitrogens with zero attached hydrogens (tertiary/aromatic N) is 1. The summed E-state index contributed by atoms with van der Waals surface area (Å²) in [6, 6.07) is 12.6. The molecule has 4 aliphatic rings. The molecule has 5 atom stereocenters. The summed E-state index contributed by atoms with van der Waals surface area (Å²) in [5.74, 6) is 0.802. The first kappa shape index (κ1) is 20.7. The van der Waals surface area contributed by atoms with Crippen molar-refractivity contribution in [2.24, 2.45) is 0 Å². The SMILES string of the molecule is COc1ccc2c3c1OC1C(OC(=O)[C@@H](O)c4ccccc4)=CC[C@@]4(O)[C@@H](C2)N(C)CCC314. The molecule has 2 aromatic rings. The Morgan fingerprint density at radius 3 is 2.79 bits per heavy atom. The van der Waals surface area contributed by atoms with E-state index >= 15 is 0 Å². The fraction of sp³-hybridized carbons (Fsp3) is 0.423. The zero-order chi connectivity index (χ0) is 23.0. The number of hydrogen-bond donors (Lipinski definition) is 2. The molecule has 2 bridgehead atoms. The number of rotatable bonds is 4. The third kappa shape index (κ3) is 2.58. The summed E-state index contributed by atoms with van der Waals surface area (Å²) in [6.45, 7) is 0.788. The second-order valence-electron chi connectivity index (χ2n) is 9.52. The quantitative estimate of drug-likeness (QED) is 0.692. The van der Waals surface area contributed by atoms with Crippen LogP contribution in [0.2, 0.25) is 0 Å². The topological polar surface area (TPSA) is 88.5 Å². The number of piperidine rings is 1. The van der Waals surface area contributed by atoms with Crippen LogP contribution in [0.25, 0.3) is 0 Å². The molecule has 6 rings (SSSR count). The lowest BCUT2D eigenvalue weighted by Crippen LogP contribution is -2.74. The molecule has 1 saturated heterocycles. The molecule has 1 fully saturated rings. The predicted octanol–water partition coefficient (Wildman–Crippen LogP) is 2.25. The summed E-state index contributed by atoms with van der Waals surface area (Å²) in [7, 11) is 3.64. The highest BCUT2D eigenvalue weighted by Crippen LogP contribution is 2.65. The van der Waals surface area contributed by atoms with Gasteiger partial charge in [-0.1, -0.05) is 36.4 Å². The van der Waals surface area contributed by atoms with Crippen LogP contribution in [0.4, 0.5) is 0 Å². The molecule has 1 spiro atoms. The van der Waals surface area contributed by atoms with Crippen LogP contribution in [-0.2, 0) is 21.4 Å². The second kappa shape index (κ2) is 7.06. The standard InChI is InChI=1S/C26H27NO6/c1-27-13-12-25-20-16-8-9-17(31-2)22(20)33-23(25)18(10-11-26(25,30)19(27)14-16)32-24(29)21(28)15-6-4-3-5-7-15/h3-10,19,21,23,28,30H,11-14H2,1-2H3/t19-,21+,23?,25?,26-/m1/s1. The molecule has 0 radical (unpaired) electrons.